The molecule has 0 saturated heterocycles. The van der Waals surface area contributed by atoms with Gasteiger partial charge in [0.1, 0.15) is 10.8 Å². The van der Waals surface area contributed by atoms with Crippen LogP contribution in [-0.2, 0) is 11.2 Å². The lowest BCUT2D eigenvalue weighted by Crippen LogP contribution is -2.20. The number of carbonyl (C=O) groups excluding carboxylic acids is 1. The first-order valence-corrected chi connectivity index (χ1v) is 10.4. The number of nitrogens with one attached hydrogen (secondary N) is 1. The number of anilines is 1. The van der Waals surface area contributed by atoms with E-state index in [4.69, 9.17) is 9.72 Å². The third kappa shape index (κ3) is 4.63. The highest BCUT2D eigenvalue weighted by Crippen LogP contribution is 2.31. The number of hydrogen-bond acceptors (Lipinski definition) is 4. The van der Waals surface area contributed by atoms with E-state index in [1.165, 1.54) is 15.8 Å². The summed E-state index contributed by atoms with van der Waals surface area (Å²) in [4.78, 5) is 16.9. The molecule has 0 unspecified atom stereocenters. The topological polar surface area (TPSA) is 51.2 Å². The van der Waals surface area contributed by atoms with Gasteiger partial charge in [-0.05, 0) is 73.0 Å². The van der Waals surface area contributed by atoms with E-state index in [2.05, 4.69) is 37.4 Å². The van der Waals surface area contributed by atoms with E-state index in [9.17, 15) is 4.79 Å². The Morgan fingerprint density at radius 1 is 1.03 bits per heavy atom. The van der Waals surface area contributed by atoms with Gasteiger partial charge in [0.2, 0.25) is 0 Å². The van der Waals surface area contributed by atoms with Crippen molar-refractivity contribution in [1.29, 1.82) is 0 Å². The maximum absolute atomic E-state index is 12.2. The fourth-order valence-electron chi connectivity index (χ4n) is 3.02. The minimum Gasteiger partial charge on any atom is -0.484 e. The van der Waals surface area contributed by atoms with Crippen LogP contribution in [0.2, 0.25) is 0 Å². The fourth-order valence-corrected chi connectivity index (χ4v) is 4.09. The van der Waals surface area contributed by atoms with Crippen LogP contribution in [0, 0.1) is 6.92 Å². The monoisotopic (exact) mass is 402 g/mol. The zero-order valence-electron chi connectivity index (χ0n) is 16.4. The van der Waals surface area contributed by atoms with Crippen LogP contribution in [0.1, 0.15) is 18.1 Å². The molecule has 4 rings (SSSR count). The van der Waals surface area contributed by atoms with E-state index in [1.807, 2.05) is 48.5 Å². The molecule has 4 nitrogen and oxygen atoms in total. The zero-order chi connectivity index (χ0) is 20.2. The van der Waals surface area contributed by atoms with E-state index in [0.29, 0.717) is 5.75 Å². The van der Waals surface area contributed by atoms with Crippen LogP contribution in [0.4, 0.5) is 5.69 Å². The summed E-state index contributed by atoms with van der Waals surface area (Å²) in [5.74, 6) is 0.506. The third-order valence-electron chi connectivity index (χ3n) is 4.66. The van der Waals surface area contributed by atoms with Crippen LogP contribution in [0.5, 0.6) is 5.75 Å². The SMILES string of the molecule is CCc1ccc(OCC(=O)Nc2ccc(-c3nc4ccc(C)cc4s3)cc2)cc1. The first-order valence-electron chi connectivity index (χ1n) is 9.60. The predicted molar refractivity (Wildman–Crippen MR) is 120 cm³/mol. The van der Waals surface area contributed by atoms with Crippen molar-refractivity contribution in [2.75, 3.05) is 11.9 Å². The quantitative estimate of drug-likeness (QED) is 0.440. The highest BCUT2D eigenvalue weighted by molar-refractivity contribution is 7.21. The predicted octanol–water partition coefficient (Wildman–Crippen LogP) is 5.85. The van der Waals surface area contributed by atoms with Gasteiger partial charge >= 0.3 is 0 Å². The zero-order valence-corrected chi connectivity index (χ0v) is 17.3. The summed E-state index contributed by atoms with van der Waals surface area (Å²) in [7, 11) is 0. The Hall–Kier alpha value is -3.18. The van der Waals surface area contributed by atoms with Crippen molar-refractivity contribution >= 4 is 33.1 Å². The summed E-state index contributed by atoms with van der Waals surface area (Å²) >= 11 is 1.67. The number of fused-ring (bicyclic) bond motifs is 1. The molecular weight excluding hydrogens is 380 g/mol. The van der Waals surface area contributed by atoms with Gasteiger partial charge in [0.05, 0.1) is 10.2 Å². The molecule has 0 aliphatic rings. The van der Waals surface area contributed by atoms with Crippen LogP contribution < -0.4 is 10.1 Å². The molecule has 0 atom stereocenters. The average Bonchev–Trinajstić information content (AvgIpc) is 3.16. The molecule has 1 N–H and O–H groups in total. The molecule has 4 aromatic rings. The number of nitrogens with zero attached hydrogens (tertiary/aromatic N) is 1. The number of rotatable bonds is 6. The molecule has 3 aromatic carbocycles. The Kier molecular flexibility index (Phi) is 5.58. The lowest BCUT2D eigenvalue weighted by Gasteiger charge is -2.08. The molecule has 0 saturated carbocycles. The maximum atomic E-state index is 12.2. The van der Waals surface area contributed by atoms with Gasteiger partial charge in [-0.1, -0.05) is 25.1 Å². The Morgan fingerprint density at radius 2 is 1.79 bits per heavy atom. The minimum atomic E-state index is -0.187. The minimum absolute atomic E-state index is 0.0234. The van der Waals surface area contributed by atoms with Gasteiger partial charge in [0, 0.05) is 11.3 Å². The van der Waals surface area contributed by atoms with Crippen molar-refractivity contribution in [3.63, 3.8) is 0 Å². The molecular formula is C24H22N2O2S. The summed E-state index contributed by atoms with van der Waals surface area (Å²) in [6.07, 6.45) is 0.980. The Balaban J connectivity index is 1.37. The van der Waals surface area contributed by atoms with Crippen molar-refractivity contribution in [3.8, 4) is 16.3 Å². The lowest BCUT2D eigenvalue weighted by atomic mass is 10.2. The second kappa shape index (κ2) is 8.45. The first-order chi connectivity index (χ1) is 14.1. The number of aryl methyl sites for hydroxylation is 2. The normalized spacial score (nSPS) is 10.8. The molecule has 1 amide bonds. The van der Waals surface area contributed by atoms with Crippen molar-refractivity contribution in [2.24, 2.45) is 0 Å². The van der Waals surface area contributed by atoms with E-state index in [0.717, 1.165) is 28.2 Å². The summed E-state index contributed by atoms with van der Waals surface area (Å²) < 4.78 is 6.74. The van der Waals surface area contributed by atoms with Crippen LogP contribution >= 0.6 is 11.3 Å². The van der Waals surface area contributed by atoms with E-state index >= 15 is 0 Å². The standard InChI is InChI=1S/C24H22N2O2S/c1-3-17-5-11-20(12-6-17)28-15-23(27)25-19-9-7-18(8-10-19)24-26-21-13-4-16(2)14-22(21)29-24/h4-14H,3,15H2,1-2H3,(H,25,27). The molecule has 1 aromatic heterocycles. The van der Waals surface area contributed by atoms with Crippen LogP contribution in [0.15, 0.2) is 66.7 Å². The second-order valence-corrected chi connectivity index (χ2v) is 7.93. The summed E-state index contributed by atoms with van der Waals surface area (Å²) in [6.45, 7) is 4.16. The number of hydrogen-bond donors (Lipinski definition) is 1. The Morgan fingerprint density at radius 3 is 2.52 bits per heavy atom. The molecule has 0 aliphatic heterocycles. The molecule has 0 spiro atoms. The largest absolute Gasteiger partial charge is 0.484 e. The smallest absolute Gasteiger partial charge is 0.262 e. The highest BCUT2D eigenvalue weighted by Gasteiger charge is 2.08. The number of amides is 1. The fraction of sp³-hybridized carbons (Fsp3) is 0.167. The highest BCUT2D eigenvalue weighted by atomic mass is 32.1. The molecule has 29 heavy (non-hydrogen) atoms. The van der Waals surface area contributed by atoms with Gasteiger partial charge in [0.15, 0.2) is 6.61 Å². The number of ether oxygens (including phenoxy) is 1. The number of benzene rings is 3. The van der Waals surface area contributed by atoms with Crippen molar-refractivity contribution < 1.29 is 9.53 Å². The van der Waals surface area contributed by atoms with E-state index in [-0.39, 0.29) is 12.5 Å². The van der Waals surface area contributed by atoms with Crippen LogP contribution in [-0.4, -0.2) is 17.5 Å². The molecule has 146 valence electrons. The van der Waals surface area contributed by atoms with Crippen LogP contribution in [0.3, 0.4) is 0 Å². The Labute approximate surface area is 174 Å². The second-order valence-electron chi connectivity index (χ2n) is 6.90. The summed E-state index contributed by atoms with van der Waals surface area (Å²) in [5, 5.41) is 3.84. The first kappa shape index (κ1) is 19.2. The molecule has 0 radical (unpaired) electrons. The van der Waals surface area contributed by atoms with Crippen molar-refractivity contribution in [1.82, 2.24) is 4.98 Å². The summed E-state index contributed by atoms with van der Waals surface area (Å²) in [5.41, 5.74) is 5.26. The number of thiazole rings is 1. The van der Waals surface area contributed by atoms with Gasteiger partial charge in [0.25, 0.3) is 5.91 Å². The van der Waals surface area contributed by atoms with Gasteiger partial charge < -0.3 is 10.1 Å². The van der Waals surface area contributed by atoms with E-state index in [1.54, 1.807) is 11.3 Å². The van der Waals surface area contributed by atoms with Gasteiger partial charge in [-0.15, -0.1) is 11.3 Å². The third-order valence-corrected chi connectivity index (χ3v) is 5.73. The van der Waals surface area contributed by atoms with Crippen LogP contribution in [0.25, 0.3) is 20.8 Å². The van der Waals surface area contributed by atoms with Gasteiger partial charge in [-0.2, -0.15) is 0 Å². The van der Waals surface area contributed by atoms with Crippen molar-refractivity contribution in [2.45, 2.75) is 20.3 Å². The van der Waals surface area contributed by atoms with Gasteiger partial charge in [-0.25, -0.2) is 4.98 Å². The van der Waals surface area contributed by atoms with Crippen molar-refractivity contribution in [3.05, 3.63) is 77.9 Å². The molecule has 1 heterocycles. The summed E-state index contributed by atoms with van der Waals surface area (Å²) in [6, 6.07) is 21.8. The molecule has 0 fully saturated rings. The average molecular weight is 403 g/mol. The molecule has 0 bridgehead atoms. The van der Waals surface area contributed by atoms with E-state index < -0.39 is 0 Å². The number of aromatic nitrogens is 1. The molecule has 5 heteroatoms. The molecule has 0 aliphatic carbocycles. The Bertz CT molecular complexity index is 1130. The maximum Gasteiger partial charge on any atom is 0.262 e. The lowest BCUT2D eigenvalue weighted by molar-refractivity contribution is -0.118. The van der Waals surface area contributed by atoms with Gasteiger partial charge in [-0.3, -0.25) is 4.79 Å². The number of carbonyl (C=O) groups is 1.